The summed E-state index contributed by atoms with van der Waals surface area (Å²) in [6.45, 7) is 3.29. The quantitative estimate of drug-likeness (QED) is 0.352. The Morgan fingerprint density at radius 2 is 2.08 bits per heavy atom. The van der Waals surface area contributed by atoms with Gasteiger partial charge in [-0.05, 0) is 64.8 Å². The zero-order valence-electron chi connectivity index (χ0n) is 22.0. The number of anilines is 1. The van der Waals surface area contributed by atoms with E-state index < -0.39 is 15.9 Å². The van der Waals surface area contributed by atoms with Crippen LogP contribution in [0.3, 0.4) is 0 Å². The minimum absolute atomic E-state index is 0.163. The van der Waals surface area contributed by atoms with Gasteiger partial charge in [0.1, 0.15) is 5.69 Å². The second-order valence-electron chi connectivity index (χ2n) is 10.0. The molecule has 39 heavy (non-hydrogen) atoms. The molecule has 2 aliphatic rings. The molecule has 208 valence electrons. The number of sulfonamides is 1. The molecular weight excluding hydrogens is 538 g/mol. The highest BCUT2D eigenvalue weighted by molar-refractivity contribution is 7.93. The van der Waals surface area contributed by atoms with Crippen molar-refractivity contribution in [1.29, 1.82) is 0 Å². The molecule has 5 rings (SSSR count). The standard InChI is InChI=1S/C26H33N7O4S2/c1-3-37-22-15-28-14-21(30-22)24-23(31-26(38-24)25(27)34)19(13-17-6-4-5-11-33(17)2)20-12-16(9-10-29-20)32-39(35,36)18-7-8-18/h9-10,12,14-15,17-19H,3-8,11,13H2,1-2H3,(H2,27,34)(H,29,32)/t17-,19-/m0/s1. The normalized spacial score (nSPS) is 19.0. The molecule has 0 spiro atoms. The molecule has 3 aromatic rings. The predicted octanol–water partition coefficient (Wildman–Crippen LogP) is 3.40. The lowest BCUT2D eigenvalue weighted by molar-refractivity contribution is 0.0999. The van der Waals surface area contributed by atoms with Crippen LogP contribution in [0.1, 0.15) is 72.6 Å². The number of likely N-dealkylation sites (tertiary alicyclic amines) is 1. The van der Waals surface area contributed by atoms with Gasteiger partial charge in [0.25, 0.3) is 5.91 Å². The highest BCUT2D eigenvalue weighted by Crippen LogP contribution is 2.41. The van der Waals surface area contributed by atoms with Crippen molar-refractivity contribution in [1.82, 2.24) is 24.8 Å². The summed E-state index contributed by atoms with van der Waals surface area (Å²) in [6.07, 6.45) is 10.0. The SMILES string of the molecule is CCOc1cncc(-c2sc(C(N)=O)nc2[C@@H](C[C@@H]2CCCCN2C)c2cc(NS(=O)(=O)C3CC3)ccn2)n1. The number of primary amides is 1. The topological polar surface area (TPSA) is 153 Å². The van der Waals surface area contributed by atoms with Gasteiger partial charge >= 0.3 is 0 Å². The maximum Gasteiger partial charge on any atom is 0.277 e. The van der Waals surface area contributed by atoms with E-state index >= 15 is 0 Å². The molecule has 1 saturated carbocycles. The summed E-state index contributed by atoms with van der Waals surface area (Å²) in [5.41, 5.74) is 7.92. The Morgan fingerprint density at radius 1 is 1.26 bits per heavy atom. The Hall–Kier alpha value is -3.16. The minimum atomic E-state index is -3.44. The van der Waals surface area contributed by atoms with Crippen molar-refractivity contribution in [3.8, 4) is 16.5 Å². The van der Waals surface area contributed by atoms with E-state index in [4.69, 9.17) is 15.5 Å². The summed E-state index contributed by atoms with van der Waals surface area (Å²) in [6, 6.07) is 3.67. The van der Waals surface area contributed by atoms with E-state index in [0.717, 1.165) is 37.1 Å². The molecule has 1 aliphatic heterocycles. The highest BCUT2D eigenvalue weighted by Gasteiger charge is 2.36. The van der Waals surface area contributed by atoms with E-state index in [1.165, 1.54) is 6.20 Å². The van der Waals surface area contributed by atoms with Crippen LogP contribution in [0.4, 0.5) is 5.69 Å². The number of pyridine rings is 1. The Morgan fingerprint density at radius 3 is 2.79 bits per heavy atom. The molecule has 11 nitrogen and oxygen atoms in total. The fourth-order valence-corrected chi connectivity index (χ4v) is 7.26. The summed E-state index contributed by atoms with van der Waals surface area (Å²) in [5.74, 6) is -0.611. The van der Waals surface area contributed by atoms with E-state index in [2.05, 4.69) is 31.6 Å². The number of carbonyl (C=O) groups excluding carboxylic acids is 1. The Kier molecular flexibility index (Phi) is 8.10. The number of amides is 1. The number of nitrogens with one attached hydrogen (secondary N) is 1. The third kappa shape index (κ3) is 6.36. The van der Waals surface area contributed by atoms with Crippen molar-refractivity contribution in [2.75, 3.05) is 24.9 Å². The maximum atomic E-state index is 12.6. The number of carbonyl (C=O) groups is 1. The third-order valence-electron chi connectivity index (χ3n) is 7.12. The van der Waals surface area contributed by atoms with Gasteiger partial charge in [-0.25, -0.2) is 18.4 Å². The van der Waals surface area contributed by atoms with Crippen molar-refractivity contribution < 1.29 is 17.9 Å². The van der Waals surface area contributed by atoms with E-state index in [0.29, 0.717) is 59.4 Å². The average Bonchev–Trinajstić information content (AvgIpc) is 3.68. The van der Waals surface area contributed by atoms with Gasteiger partial charge in [-0.3, -0.25) is 19.5 Å². The van der Waals surface area contributed by atoms with Gasteiger partial charge in [-0.2, -0.15) is 0 Å². The van der Waals surface area contributed by atoms with Crippen molar-refractivity contribution in [2.45, 2.75) is 62.7 Å². The molecule has 2 fully saturated rings. The number of rotatable bonds is 11. The maximum absolute atomic E-state index is 12.6. The van der Waals surface area contributed by atoms with Crippen molar-refractivity contribution in [2.24, 2.45) is 5.73 Å². The molecule has 0 aromatic carbocycles. The van der Waals surface area contributed by atoms with Crippen LogP contribution in [-0.4, -0.2) is 70.7 Å². The number of piperidine rings is 1. The number of thiazole rings is 1. The van der Waals surface area contributed by atoms with Crippen LogP contribution in [0, 0.1) is 0 Å². The summed E-state index contributed by atoms with van der Waals surface area (Å²) >= 11 is 1.16. The molecule has 1 amide bonds. The number of nitrogens with two attached hydrogens (primary N) is 1. The Balaban J connectivity index is 1.60. The number of nitrogens with zero attached hydrogens (tertiary/aromatic N) is 5. The minimum Gasteiger partial charge on any atom is -0.477 e. The molecule has 13 heteroatoms. The molecular formula is C26H33N7O4S2. The highest BCUT2D eigenvalue weighted by atomic mass is 32.2. The molecule has 2 atom stereocenters. The average molecular weight is 572 g/mol. The largest absolute Gasteiger partial charge is 0.477 e. The van der Waals surface area contributed by atoms with E-state index in [1.807, 2.05) is 6.92 Å². The molecule has 0 bridgehead atoms. The van der Waals surface area contributed by atoms with Crippen LogP contribution in [-0.2, 0) is 10.0 Å². The second kappa shape index (κ2) is 11.5. The number of aromatic nitrogens is 4. The van der Waals surface area contributed by atoms with Crippen LogP contribution in [0.5, 0.6) is 5.88 Å². The molecule has 3 aromatic heterocycles. The molecule has 0 unspecified atom stereocenters. The van der Waals surface area contributed by atoms with Gasteiger partial charge in [-0.1, -0.05) is 6.42 Å². The van der Waals surface area contributed by atoms with Crippen molar-refractivity contribution in [3.63, 3.8) is 0 Å². The first-order valence-corrected chi connectivity index (χ1v) is 15.5. The first kappa shape index (κ1) is 27.4. The van der Waals surface area contributed by atoms with Crippen molar-refractivity contribution in [3.05, 3.63) is 47.1 Å². The molecule has 4 heterocycles. The zero-order valence-corrected chi connectivity index (χ0v) is 23.7. The van der Waals surface area contributed by atoms with Crippen LogP contribution in [0.15, 0.2) is 30.7 Å². The van der Waals surface area contributed by atoms with Crippen LogP contribution >= 0.6 is 11.3 Å². The number of ether oxygens (including phenoxy) is 1. The fourth-order valence-electron chi connectivity index (χ4n) is 4.95. The zero-order chi connectivity index (χ0) is 27.6. The predicted molar refractivity (Wildman–Crippen MR) is 149 cm³/mol. The van der Waals surface area contributed by atoms with E-state index in [-0.39, 0.29) is 22.2 Å². The van der Waals surface area contributed by atoms with Crippen LogP contribution < -0.4 is 15.2 Å². The lowest BCUT2D eigenvalue weighted by Crippen LogP contribution is -2.37. The van der Waals surface area contributed by atoms with Gasteiger partial charge in [0.2, 0.25) is 15.9 Å². The lowest BCUT2D eigenvalue weighted by atomic mass is 9.87. The monoisotopic (exact) mass is 571 g/mol. The van der Waals surface area contributed by atoms with Crippen LogP contribution in [0.25, 0.3) is 10.6 Å². The Labute approximate surface area is 232 Å². The van der Waals surface area contributed by atoms with Gasteiger partial charge < -0.3 is 15.4 Å². The number of hydrogen-bond donors (Lipinski definition) is 2. The van der Waals surface area contributed by atoms with Gasteiger partial charge in [0, 0.05) is 18.2 Å². The second-order valence-corrected chi connectivity index (χ2v) is 13.0. The number of hydrogen-bond acceptors (Lipinski definition) is 10. The summed E-state index contributed by atoms with van der Waals surface area (Å²) in [5, 5.41) is -0.184. The van der Waals surface area contributed by atoms with Crippen molar-refractivity contribution >= 4 is 33.0 Å². The van der Waals surface area contributed by atoms with Gasteiger partial charge in [0.15, 0.2) is 5.01 Å². The smallest absolute Gasteiger partial charge is 0.277 e. The van der Waals surface area contributed by atoms with E-state index in [1.54, 1.807) is 24.5 Å². The van der Waals surface area contributed by atoms with Gasteiger partial charge in [-0.15, -0.1) is 11.3 Å². The third-order valence-corrected chi connectivity index (χ3v) is 10.1. The molecule has 1 saturated heterocycles. The summed E-state index contributed by atoms with van der Waals surface area (Å²) in [7, 11) is -1.33. The first-order chi connectivity index (χ1) is 18.7. The summed E-state index contributed by atoms with van der Waals surface area (Å²) < 4.78 is 33.6. The van der Waals surface area contributed by atoms with E-state index in [9.17, 15) is 13.2 Å². The Bertz CT molecular complexity index is 1440. The first-order valence-electron chi connectivity index (χ1n) is 13.2. The molecule has 1 aliphatic carbocycles. The summed E-state index contributed by atoms with van der Waals surface area (Å²) in [4.78, 5) is 33.5. The fraction of sp³-hybridized carbons (Fsp3) is 0.500. The lowest BCUT2D eigenvalue weighted by Gasteiger charge is -2.34. The molecule has 0 radical (unpaired) electrons. The molecule has 3 N–H and O–H groups in total. The van der Waals surface area contributed by atoms with Crippen LogP contribution in [0.2, 0.25) is 0 Å². The van der Waals surface area contributed by atoms with Gasteiger partial charge in [0.05, 0.1) is 46.2 Å².